The van der Waals surface area contributed by atoms with Crippen LogP contribution in [0.2, 0.25) is 0 Å². The van der Waals surface area contributed by atoms with Crippen LogP contribution in [-0.4, -0.2) is 21.4 Å². The molecule has 1 fully saturated rings. The molecule has 2 aromatic rings. The van der Waals surface area contributed by atoms with Gasteiger partial charge in [0.2, 0.25) is 11.8 Å². The normalized spacial score (nSPS) is 17.3. The predicted molar refractivity (Wildman–Crippen MR) is 89.1 cm³/mol. The number of aryl methyl sites for hydroxylation is 1. The van der Waals surface area contributed by atoms with Crippen LogP contribution >= 0.6 is 11.8 Å². The number of thioether (sulfide) groups is 1. The van der Waals surface area contributed by atoms with Crippen LogP contribution in [0.5, 0.6) is 11.6 Å². The third-order valence-corrected chi connectivity index (χ3v) is 4.57. The number of carbonyl (C=O) groups excluding carboxylic acids is 2. The van der Waals surface area contributed by atoms with E-state index in [2.05, 4.69) is 10.3 Å². The number of alkyl halides is 3. The van der Waals surface area contributed by atoms with Crippen LogP contribution in [0.15, 0.2) is 36.4 Å². The maximum absolute atomic E-state index is 12.9. The number of hydrogen-bond donors (Lipinski definition) is 1. The van der Waals surface area contributed by atoms with E-state index in [1.807, 2.05) is 0 Å². The van der Waals surface area contributed by atoms with E-state index >= 15 is 0 Å². The first-order valence-corrected chi connectivity index (χ1v) is 8.43. The summed E-state index contributed by atoms with van der Waals surface area (Å²) in [6.45, 7) is 1.46. The lowest BCUT2D eigenvalue weighted by molar-refractivity contribution is -0.137. The Bertz CT molecular complexity index is 853. The van der Waals surface area contributed by atoms with E-state index in [0.29, 0.717) is 12.2 Å². The number of carbonyl (C=O) groups is 2. The molecule has 0 spiro atoms. The minimum absolute atomic E-state index is 0.151. The lowest BCUT2D eigenvalue weighted by Gasteiger charge is -2.11. The van der Waals surface area contributed by atoms with E-state index < -0.39 is 17.0 Å². The Morgan fingerprint density at radius 1 is 1.19 bits per heavy atom. The van der Waals surface area contributed by atoms with Gasteiger partial charge in [-0.25, -0.2) is 4.98 Å². The first kappa shape index (κ1) is 18.2. The molecule has 5 nitrogen and oxygen atoms in total. The number of imide groups is 1. The van der Waals surface area contributed by atoms with Gasteiger partial charge < -0.3 is 4.74 Å². The van der Waals surface area contributed by atoms with Crippen LogP contribution in [0, 0.1) is 6.92 Å². The van der Waals surface area contributed by atoms with Gasteiger partial charge in [-0.2, -0.15) is 13.2 Å². The number of rotatable bonds is 4. The van der Waals surface area contributed by atoms with Crippen molar-refractivity contribution in [2.45, 2.75) is 24.8 Å². The average Bonchev–Trinajstić information content (AvgIpc) is 2.85. The number of hydrogen-bond acceptors (Lipinski definition) is 5. The number of aromatic nitrogens is 1. The molecule has 136 valence electrons. The van der Waals surface area contributed by atoms with Gasteiger partial charge in [0, 0.05) is 11.8 Å². The third-order valence-electron chi connectivity index (χ3n) is 3.59. The number of pyridine rings is 1. The van der Waals surface area contributed by atoms with Crippen molar-refractivity contribution in [1.82, 2.24) is 10.3 Å². The first-order valence-electron chi connectivity index (χ1n) is 7.55. The summed E-state index contributed by atoms with van der Waals surface area (Å²) in [7, 11) is 0. The van der Waals surface area contributed by atoms with Gasteiger partial charge in [0.15, 0.2) is 0 Å². The van der Waals surface area contributed by atoms with Crippen molar-refractivity contribution < 1.29 is 27.5 Å². The Morgan fingerprint density at radius 3 is 2.46 bits per heavy atom. The molecule has 0 aliphatic carbocycles. The monoisotopic (exact) mass is 382 g/mol. The second-order valence-electron chi connectivity index (χ2n) is 5.67. The molecule has 1 aromatic heterocycles. The molecule has 1 N–H and O–H groups in total. The molecule has 0 saturated carbocycles. The van der Waals surface area contributed by atoms with Gasteiger partial charge in [-0.1, -0.05) is 23.9 Å². The number of benzene rings is 1. The van der Waals surface area contributed by atoms with E-state index in [1.54, 1.807) is 24.3 Å². The van der Waals surface area contributed by atoms with E-state index in [0.717, 1.165) is 29.5 Å². The maximum Gasteiger partial charge on any atom is 0.416 e. The minimum atomic E-state index is -4.48. The largest absolute Gasteiger partial charge is 0.439 e. The van der Waals surface area contributed by atoms with Crippen LogP contribution < -0.4 is 10.1 Å². The van der Waals surface area contributed by atoms with Crippen LogP contribution in [-0.2, 0) is 17.4 Å². The first-order chi connectivity index (χ1) is 12.2. The van der Waals surface area contributed by atoms with Crippen molar-refractivity contribution in [2.24, 2.45) is 0 Å². The zero-order valence-electron chi connectivity index (χ0n) is 13.5. The second-order valence-corrected chi connectivity index (χ2v) is 6.84. The molecule has 0 bridgehead atoms. The van der Waals surface area contributed by atoms with Crippen LogP contribution in [0.25, 0.3) is 0 Å². The number of nitrogens with zero attached hydrogens (tertiary/aromatic N) is 1. The molecule has 1 atom stereocenters. The van der Waals surface area contributed by atoms with Gasteiger partial charge in [0.05, 0.1) is 10.8 Å². The van der Waals surface area contributed by atoms with Gasteiger partial charge >= 0.3 is 6.18 Å². The van der Waals surface area contributed by atoms with Gasteiger partial charge in [-0.05, 0) is 37.1 Å². The highest BCUT2D eigenvalue weighted by molar-refractivity contribution is 8.15. The zero-order chi connectivity index (χ0) is 18.9. The molecule has 26 heavy (non-hydrogen) atoms. The Balaban J connectivity index is 1.71. The van der Waals surface area contributed by atoms with E-state index in [9.17, 15) is 22.8 Å². The fourth-order valence-corrected chi connectivity index (χ4v) is 3.27. The fraction of sp³-hybridized carbons (Fsp3) is 0.235. The van der Waals surface area contributed by atoms with Gasteiger partial charge in [-0.15, -0.1) is 0 Å². The van der Waals surface area contributed by atoms with Crippen molar-refractivity contribution in [1.29, 1.82) is 0 Å². The molecule has 1 saturated heterocycles. The van der Waals surface area contributed by atoms with Crippen LogP contribution in [0.1, 0.15) is 16.8 Å². The maximum atomic E-state index is 12.9. The average molecular weight is 382 g/mol. The summed E-state index contributed by atoms with van der Waals surface area (Å²) < 4.78 is 44.0. The van der Waals surface area contributed by atoms with Crippen molar-refractivity contribution in [2.75, 3.05) is 0 Å². The molecule has 1 aliphatic heterocycles. The quantitative estimate of drug-likeness (QED) is 0.863. The topological polar surface area (TPSA) is 68.3 Å². The Morgan fingerprint density at radius 2 is 1.88 bits per heavy atom. The Labute approximate surface area is 150 Å². The number of nitrogens with one attached hydrogen (secondary N) is 1. The second kappa shape index (κ2) is 6.99. The number of ether oxygens (including phenoxy) is 1. The summed E-state index contributed by atoms with van der Waals surface area (Å²) in [6, 6.07) is 8.31. The zero-order valence-corrected chi connectivity index (χ0v) is 14.3. The van der Waals surface area contributed by atoms with Crippen molar-refractivity contribution in [3.05, 3.63) is 53.2 Å². The highest BCUT2D eigenvalue weighted by Gasteiger charge is 2.32. The lowest BCUT2D eigenvalue weighted by Crippen LogP contribution is -2.25. The standard InChI is InChI=1S/C17H13F3N2O3S/c1-9-6-11(17(18,19)20)8-14(21-9)25-12-4-2-10(3-5-12)7-13-15(23)22-16(24)26-13/h2-6,8,13H,7H2,1H3,(H,22,23,24). The van der Waals surface area contributed by atoms with E-state index in [-0.39, 0.29) is 22.7 Å². The van der Waals surface area contributed by atoms with E-state index in [4.69, 9.17) is 4.74 Å². The molecule has 1 aromatic carbocycles. The third kappa shape index (κ3) is 4.34. The Kier molecular flexibility index (Phi) is 4.90. The summed E-state index contributed by atoms with van der Waals surface area (Å²) in [4.78, 5) is 26.7. The molecule has 1 unspecified atom stereocenters. The lowest BCUT2D eigenvalue weighted by atomic mass is 10.1. The molecular weight excluding hydrogens is 369 g/mol. The summed E-state index contributed by atoms with van der Waals surface area (Å²) in [5, 5.41) is 1.36. The van der Waals surface area contributed by atoms with Gasteiger partial charge in [-0.3, -0.25) is 14.9 Å². The highest BCUT2D eigenvalue weighted by Crippen LogP contribution is 2.32. The summed E-state index contributed by atoms with van der Waals surface area (Å²) >= 11 is 0.933. The van der Waals surface area contributed by atoms with Crippen molar-refractivity contribution >= 4 is 22.9 Å². The molecule has 9 heteroatoms. The molecule has 0 radical (unpaired) electrons. The molecule has 2 amide bonds. The smallest absolute Gasteiger partial charge is 0.416 e. The molecule has 1 aliphatic rings. The van der Waals surface area contributed by atoms with Crippen LogP contribution in [0.3, 0.4) is 0 Å². The Hall–Kier alpha value is -2.55. The summed E-state index contributed by atoms with van der Waals surface area (Å²) in [5.74, 6) is -0.162. The molecular formula is C17H13F3N2O3S. The predicted octanol–water partition coefficient (Wildman–Crippen LogP) is 4.10. The van der Waals surface area contributed by atoms with Gasteiger partial charge in [0.1, 0.15) is 5.75 Å². The van der Waals surface area contributed by atoms with Crippen LogP contribution in [0.4, 0.5) is 18.0 Å². The number of halogens is 3. The van der Waals surface area contributed by atoms with Gasteiger partial charge in [0.25, 0.3) is 5.24 Å². The summed E-state index contributed by atoms with van der Waals surface area (Å²) in [5.41, 5.74) is 0.166. The fourth-order valence-electron chi connectivity index (χ4n) is 2.41. The summed E-state index contributed by atoms with van der Waals surface area (Å²) in [6.07, 6.45) is -4.12. The van der Waals surface area contributed by atoms with Crippen molar-refractivity contribution in [3.63, 3.8) is 0 Å². The number of amides is 2. The minimum Gasteiger partial charge on any atom is -0.439 e. The van der Waals surface area contributed by atoms with Crippen molar-refractivity contribution in [3.8, 4) is 11.6 Å². The molecule has 3 rings (SSSR count). The highest BCUT2D eigenvalue weighted by atomic mass is 32.2. The van der Waals surface area contributed by atoms with E-state index in [1.165, 1.54) is 6.92 Å². The SMILES string of the molecule is Cc1cc(C(F)(F)F)cc(Oc2ccc(CC3SC(=O)NC3=O)cc2)n1. The molecule has 2 heterocycles.